The van der Waals surface area contributed by atoms with Gasteiger partial charge < -0.3 is 9.47 Å². The normalized spacial score (nSPS) is 9.80. The fourth-order valence-electron chi connectivity index (χ4n) is 0.841. The van der Waals surface area contributed by atoms with Crippen LogP contribution in [0.4, 0.5) is 0 Å². The number of halogens is 2. The number of ether oxygens (including phenoxy) is 2. The fraction of sp³-hybridized carbons (Fsp3) is 0.333. The number of hydrogen-bond acceptors (Lipinski definition) is 4. The number of carbonyl (C=O) groups excluding carboxylic acids is 1. The highest BCUT2D eigenvalue weighted by Gasteiger charge is 2.05. The number of rotatable bonds is 4. The maximum Gasteiger partial charge on any atom is 0.308 e. The third kappa shape index (κ3) is 3.93. The van der Waals surface area contributed by atoms with Gasteiger partial charge in [-0.05, 0) is 6.07 Å². The van der Waals surface area contributed by atoms with Gasteiger partial charge in [0.25, 0.3) is 0 Å². The first-order chi connectivity index (χ1) is 7.13. The van der Waals surface area contributed by atoms with Crippen LogP contribution in [0.3, 0.4) is 0 Å². The van der Waals surface area contributed by atoms with E-state index in [1.807, 2.05) is 0 Å². The van der Waals surface area contributed by atoms with Gasteiger partial charge in [0.1, 0.15) is 11.6 Å². The summed E-state index contributed by atoms with van der Waals surface area (Å²) in [5.74, 6) is -0.0925. The number of aromatic nitrogens is 1. The number of methoxy groups -OCH3 is 1. The van der Waals surface area contributed by atoms with Crippen molar-refractivity contribution in [1.29, 1.82) is 0 Å². The van der Waals surface area contributed by atoms with Crippen LogP contribution in [0, 0.1) is 0 Å². The van der Waals surface area contributed by atoms with Crippen molar-refractivity contribution in [1.82, 2.24) is 4.98 Å². The first-order valence-corrected chi connectivity index (χ1v) is 4.89. The Morgan fingerprint density at radius 3 is 2.87 bits per heavy atom. The zero-order valence-corrected chi connectivity index (χ0v) is 9.51. The lowest BCUT2D eigenvalue weighted by Crippen LogP contribution is -2.08. The summed E-state index contributed by atoms with van der Waals surface area (Å²) in [7, 11) is 1.32. The molecule has 0 aliphatic carbocycles. The highest BCUT2D eigenvalue weighted by molar-refractivity contribution is 6.35. The van der Waals surface area contributed by atoms with E-state index in [1.165, 1.54) is 19.4 Å². The molecule has 0 spiro atoms. The number of carbonyl (C=O) groups is 1. The van der Waals surface area contributed by atoms with Gasteiger partial charge in [0.05, 0.1) is 18.6 Å². The molecule has 1 rings (SSSR count). The third-order valence-corrected chi connectivity index (χ3v) is 2.02. The number of esters is 1. The monoisotopic (exact) mass is 249 g/mol. The van der Waals surface area contributed by atoms with E-state index in [4.69, 9.17) is 27.9 Å². The van der Waals surface area contributed by atoms with Crippen LogP contribution in [0.2, 0.25) is 10.0 Å². The minimum Gasteiger partial charge on any atom is -0.476 e. The van der Waals surface area contributed by atoms with Gasteiger partial charge in [-0.1, -0.05) is 23.2 Å². The lowest BCUT2D eigenvalue weighted by molar-refractivity contribution is -0.141. The molecule has 0 fully saturated rings. The molecule has 0 amide bonds. The molecule has 0 radical (unpaired) electrons. The lowest BCUT2D eigenvalue weighted by atomic mass is 10.4. The van der Waals surface area contributed by atoms with Gasteiger partial charge in [0.2, 0.25) is 5.88 Å². The molecule has 1 aromatic rings. The van der Waals surface area contributed by atoms with Crippen LogP contribution in [0.15, 0.2) is 12.3 Å². The van der Waals surface area contributed by atoms with E-state index < -0.39 is 0 Å². The molecule has 1 aromatic heterocycles. The summed E-state index contributed by atoms with van der Waals surface area (Å²) in [4.78, 5) is 14.6. The Kier molecular flexibility index (Phi) is 4.65. The summed E-state index contributed by atoms with van der Waals surface area (Å²) in [6, 6.07) is 1.52. The molecular weight excluding hydrogens is 241 g/mol. The van der Waals surface area contributed by atoms with Gasteiger partial charge in [0.15, 0.2) is 0 Å². The summed E-state index contributed by atoms with van der Waals surface area (Å²) in [5, 5.41) is 0.743. The molecule has 82 valence electrons. The first-order valence-electron chi connectivity index (χ1n) is 4.14. The maximum absolute atomic E-state index is 10.8. The molecule has 0 aliphatic rings. The average molecular weight is 250 g/mol. The van der Waals surface area contributed by atoms with Gasteiger partial charge >= 0.3 is 5.97 Å². The molecule has 4 nitrogen and oxygen atoms in total. The second-order valence-electron chi connectivity index (χ2n) is 2.62. The zero-order valence-electron chi connectivity index (χ0n) is 8.00. The highest BCUT2D eigenvalue weighted by Crippen LogP contribution is 2.24. The zero-order chi connectivity index (χ0) is 11.3. The Hall–Kier alpha value is -1.000. The SMILES string of the molecule is COC(=O)CCOc1ncc(Cl)cc1Cl. The number of nitrogens with zero attached hydrogens (tertiary/aromatic N) is 1. The molecule has 0 atom stereocenters. The van der Waals surface area contributed by atoms with Gasteiger partial charge in [-0.15, -0.1) is 0 Å². The molecule has 0 N–H and O–H groups in total. The maximum atomic E-state index is 10.8. The Balaban J connectivity index is 2.47. The van der Waals surface area contributed by atoms with Crippen molar-refractivity contribution in [2.45, 2.75) is 6.42 Å². The third-order valence-electron chi connectivity index (χ3n) is 1.55. The number of hydrogen-bond donors (Lipinski definition) is 0. The van der Waals surface area contributed by atoms with E-state index >= 15 is 0 Å². The van der Waals surface area contributed by atoms with Crippen molar-refractivity contribution in [2.75, 3.05) is 13.7 Å². The second-order valence-corrected chi connectivity index (χ2v) is 3.46. The van der Waals surface area contributed by atoms with E-state index in [2.05, 4.69) is 9.72 Å². The van der Waals surface area contributed by atoms with Crippen LogP contribution in [0.5, 0.6) is 5.88 Å². The van der Waals surface area contributed by atoms with E-state index in [-0.39, 0.29) is 24.9 Å². The Morgan fingerprint density at radius 1 is 1.53 bits per heavy atom. The van der Waals surface area contributed by atoms with Crippen LogP contribution in [-0.4, -0.2) is 24.7 Å². The van der Waals surface area contributed by atoms with E-state index in [9.17, 15) is 4.79 Å². The van der Waals surface area contributed by atoms with Crippen molar-refractivity contribution >= 4 is 29.2 Å². The minimum atomic E-state index is -0.347. The Labute approximate surface area is 97.1 Å². The predicted molar refractivity (Wildman–Crippen MR) is 56.4 cm³/mol. The molecule has 15 heavy (non-hydrogen) atoms. The highest BCUT2D eigenvalue weighted by atomic mass is 35.5. The standard InChI is InChI=1S/C9H9Cl2NO3/c1-14-8(13)2-3-15-9-7(11)4-6(10)5-12-9/h4-5H,2-3H2,1H3. The summed E-state index contributed by atoms with van der Waals surface area (Å²) in [6.45, 7) is 0.168. The fourth-order valence-corrected chi connectivity index (χ4v) is 1.28. The topological polar surface area (TPSA) is 48.4 Å². The molecule has 0 saturated carbocycles. The molecular formula is C9H9Cl2NO3. The lowest BCUT2D eigenvalue weighted by Gasteiger charge is -2.05. The van der Waals surface area contributed by atoms with E-state index in [0.29, 0.717) is 10.0 Å². The molecule has 0 saturated heterocycles. The summed E-state index contributed by atoms with van der Waals surface area (Å²) < 4.78 is 9.61. The van der Waals surface area contributed by atoms with Crippen LogP contribution in [0.1, 0.15) is 6.42 Å². The summed E-state index contributed by atoms with van der Waals surface area (Å²) in [5.41, 5.74) is 0. The van der Waals surface area contributed by atoms with Crippen molar-refractivity contribution in [2.24, 2.45) is 0 Å². The quantitative estimate of drug-likeness (QED) is 0.769. The largest absolute Gasteiger partial charge is 0.476 e. The Bertz CT molecular complexity index is 357. The molecule has 1 heterocycles. The second kappa shape index (κ2) is 5.78. The molecule has 0 aliphatic heterocycles. The minimum absolute atomic E-state index is 0.150. The van der Waals surface area contributed by atoms with E-state index in [0.717, 1.165) is 0 Å². The van der Waals surface area contributed by atoms with Gasteiger partial charge in [0, 0.05) is 6.20 Å². The van der Waals surface area contributed by atoms with Crippen LogP contribution >= 0.6 is 23.2 Å². The molecule has 0 aromatic carbocycles. The van der Waals surface area contributed by atoms with Gasteiger partial charge in [-0.2, -0.15) is 0 Å². The van der Waals surface area contributed by atoms with Gasteiger partial charge in [-0.25, -0.2) is 4.98 Å². The Morgan fingerprint density at radius 2 is 2.27 bits per heavy atom. The molecule has 0 bridgehead atoms. The smallest absolute Gasteiger partial charge is 0.308 e. The summed E-state index contributed by atoms with van der Waals surface area (Å²) in [6.07, 6.45) is 1.57. The molecule has 0 unspecified atom stereocenters. The van der Waals surface area contributed by atoms with Crippen molar-refractivity contribution in [3.05, 3.63) is 22.3 Å². The predicted octanol–water partition coefficient (Wildman–Crippen LogP) is 2.33. The van der Waals surface area contributed by atoms with Crippen LogP contribution in [0.25, 0.3) is 0 Å². The first kappa shape index (κ1) is 12.1. The van der Waals surface area contributed by atoms with E-state index in [1.54, 1.807) is 0 Å². The van der Waals surface area contributed by atoms with Crippen molar-refractivity contribution in [3.63, 3.8) is 0 Å². The summed E-state index contributed by atoms with van der Waals surface area (Å²) >= 11 is 11.4. The number of pyridine rings is 1. The van der Waals surface area contributed by atoms with Gasteiger partial charge in [-0.3, -0.25) is 4.79 Å². The van der Waals surface area contributed by atoms with Crippen molar-refractivity contribution < 1.29 is 14.3 Å². The van der Waals surface area contributed by atoms with Crippen molar-refractivity contribution in [3.8, 4) is 5.88 Å². The van der Waals surface area contributed by atoms with Crippen LogP contribution in [-0.2, 0) is 9.53 Å². The average Bonchev–Trinajstić information content (AvgIpc) is 2.21. The molecule has 6 heteroatoms. The van der Waals surface area contributed by atoms with Crippen LogP contribution < -0.4 is 4.74 Å².